The van der Waals surface area contributed by atoms with Crippen molar-refractivity contribution in [2.24, 2.45) is 0 Å². The van der Waals surface area contributed by atoms with Crippen LogP contribution in [-0.4, -0.2) is 140 Å². The number of carbonyl (C=O) groups is 1. The Morgan fingerprint density at radius 1 is 0.593 bits per heavy atom. The van der Waals surface area contributed by atoms with Gasteiger partial charge in [-0.3, -0.25) is 4.79 Å². The second kappa shape index (κ2) is 33.1. The molecule has 2 rings (SSSR count). The van der Waals surface area contributed by atoms with Crippen LogP contribution in [0.25, 0.3) is 0 Å². The third-order valence-electron chi connectivity index (χ3n) is 11.4. The van der Waals surface area contributed by atoms with Crippen molar-refractivity contribution in [1.82, 2.24) is 5.32 Å². The number of carbonyl (C=O) groups excluding carboxylic acids is 1. The summed E-state index contributed by atoms with van der Waals surface area (Å²) in [5.74, 6) is -0.252. The van der Waals surface area contributed by atoms with Crippen molar-refractivity contribution < 1.29 is 64.6 Å². The minimum Gasteiger partial charge on any atom is -0.394 e. The molecule has 2 fully saturated rings. The number of nitrogens with one attached hydrogen (secondary N) is 1. The molecule has 0 aliphatic carbocycles. The minimum atomic E-state index is -1.79. The van der Waals surface area contributed by atoms with Gasteiger partial charge in [0.05, 0.1) is 32.0 Å². The third-order valence-corrected chi connectivity index (χ3v) is 11.4. The lowest BCUT2D eigenvalue weighted by molar-refractivity contribution is -0.359. The summed E-state index contributed by atoms with van der Waals surface area (Å²) in [4.78, 5) is 13.1. The Hall–Kier alpha value is -1.53. The third kappa shape index (κ3) is 21.4. The summed E-state index contributed by atoms with van der Waals surface area (Å²) < 4.78 is 22.6. The Morgan fingerprint density at radius 2 is 1.07 bits per heavy atom. The molecule has 12 unspecified atom stereocenters. The van der Waals surface area contributed by atoms with Gasteiger partial charge in [-0.1, -0.05) is 134 Å². The van der Waals surface area contributed by atoms with Gasteiger partial charge in [-0.15, -0.1) is 0 Å². The molecule has 0 aromatic rings. The van der Waals surface area contributed by atoms with Gasteiger partial charge in [-0.25, -0.2) is 0 Å². The minimum absolute atomic E-state index is 0.252. The predicted molar refractivity (Wildman–Crippen MR) is 226 cm³/mol. The van der Waals surface area contributed by atoms with E-state index in [2.05, 4.69) is 31.3 Å². The van der Waals surface area contributed by atoms with Gasteiger partial charge in [0, 0.05) is 6.42 Å². The Morgan fingerprint density at radius 3 is 1.61 bits per heavy atom. The van der Waals surface area contributed by atoms with E-state index in [1.165, 1.54) is 77.0 Å². The molecule has 2 heterocycles. The summed E-state index contributed by atoms with van der Waals surface area (Å²) >= 11 is 0. The molecule has 0 spiro atoms. The first kappa shape index (κ1) is 53.6. The molecule has 1 amide bonds. The van der Waals surface area contributed by atoms with Crippen LogP contribution in [0.15, 0.2) is 24.3 Å². The average molecular weight is 846 g/mol. The van der Waals surface area contributed by atoms with Gasteiger partial charge in [-0.05, 0) is 44.9 Å². The first-order chi connectivity index (χ1) is 28.6. The smallest absolute Gasteiger partial charge is 0.220 e. The number of aliphatic hydroxyl groups excluding tert-OH is 8. The predicted octanol–water partition coefficient (Wildman–Crippen LogP) is 4.60. The molecular weight excluding hydrogens is 762 g/mol. The second-order valence-electron chi connectivity index (χ2n) is 16.5. The largest absolute Gasteiger partial charge is 0.394 e. The fraction of sp³-hybridized carbons (Fsp3) is 0.889. The molecule has 12 atom stereocenters. The Balaban J connectivity index is 1.89. The molecule has 0 aromatic carbocycles. The van der Waals surface area contributed by atoms with Crippen LogP contribution in [0.2, 0.25) is 0 Å². The molecule has 9 N–H and O–H groups in total. The zero-order valence-electron chi connectivity index (χ0n) is 36.2. The van der Waals surface area contributed by atoms with Crippen LogP contribution in [0.4, 0.5) is 0 Å². The summed E-state index contributed by atoms with van der Waals surface area (Å²) in [6.45, 7) is 2.72. The normalized spacial score (nSPS) is 28.7. The zero-order valence-corrected chi connectivity index (χ0v) is 36.2. The first-order valence-electron chi connectivity index (χ1n) is 23.1. The van der Waals surface area contributed by atoms with Crippen LogP contribution >= 0.6 is 0 Å². The van der Waals surface area contributed by atoms with Gasteiger partial charge in [0.2, 0.25) is 5.91 Å². The molecule has 2 aliphatic rings. The molecular formula is C45H83NO13. The van der Waals surface area contributed by atoms with Crippen LogP contribution in [-0.2, 0) is 23.7 Å². The van der Waals surface area contributed by atoms with E-state index in [0.717, 1.165) is 57.8 Å². The number of allylic oxidation sites excluding steroid dienone is 3. The highest BCUT2D eigenvalue weighted by atomic mass is 16.7. The highest BCUT2D eigenvalue weighted by molar-refractivity contribution is 5.76. The molecule has 0 bridgehead atoms. The fourth-order valence-electron chi connectivity index (χ4n) is 7.52. The van der Waals surface area contributed by atoms with Crippen molar-refractivity contribution in [3.8, 4) is 0 Å². The molecule has 59 heavy (non-hydrogen) atoms. The highest BCUT2D eigenvalue weighted by Gasteiger charge is 2.50. The Labute approximate surface area is 354 Å². The highest BCUT2D eigenvalue weighted by Crippen LogP contribution is 2.30. The van der Waals surface area contributed by atoms with Crippen LogP contribution in [0, 0.1) is 0 Å². The maximum atomic E-state index is 13.1. The number of hydrogen-bond donors (Lipinski definition) is 9. The van der Waals surface area contributed by atoms with E-state index in [4.69, 9.17) is 18.9 Å². The van der Waals surface area contributed by atoms with E-state index in [0.29, 0.717) is 6.42 Å². The van der Waals surface area contributed by atoms with Gasteiger partial charge >= 0.3 is 0 Å². The summed E-state index contributed by atoms with van der Waals surface area (Å²) in [5, 5.41) is 86.4. The molecule has 2 aliphatic heterocycles. The summed E-state index contributed by atoms with van der Waals surface area (Å²) in [5.41, 5.74) is 0. The first-order valence-corrected chi connectivity index (χ1v) is 23.1. The molecule has 0 radical (unpaired) electrons. The van der Waals surface area contributed by atoms with E-state index >= 15 is 0 Å². The van der Waals surface area contributed by atoms with Gasteiger partial charge < -0.3 is 65.1 Å². The molecule has 2 saturated heterocycles. The van der Waals surface area contributed by atoms with Crippen LogP contribution in [0.3, 0.4) is 0 Å². The van der Waals surface area contributed by atoms with E-state index < -0.39 is 86.8 Å². The lowest BCUT2D eigenvalue weighted by atomic mass is 9.97. The monoisotopic (exact) mass is 846 g/mol. The van der Waals surface area contributed by atoms with Crippen molar-refractivity contribution in [1.29, 1.82) is 0 Å². The molecule has 14 heteroatoms. The number of aliphatic hydroxyl groups is 8. The van der Waals surface area contributed by atoms with Crippen molar-refractivity contribution in [3.63, 3.8) is 0 Å². The average Bonchev–Trinajstić information content (AvgIpc) is 3.23. The number of amides is 1. The number of rotatable bonds is 34. The summed E-state index contributed by atoms with van der Waals surface area (Å²) in [7, 11) is 0. The van der Waals surface area contributed by atoms with Crippen molar-refractivity contribution in [3.05, 3.63) is 24.3 Å². The molecule has 346 valence electrons. The van der Waals surface area contributed by atoms with Crippen molar-refractivity contribution in [2.75, 3.05) is 19.8 Å². The lowest BCUT2D eigenvalue weighted by Crippen LogP contribution is -2.65. The Bertz CT molecular complexity index is 1090. The van der Waals surface area contributed by atoms with Gasteiger partial charge in [0.15, 0.2) is 12.6 Å². The number of ether oxygens (including phenoxy) is 4. The SMILES string of the molecule is CCCCCCCC/C=C\CCCCCCCC(=O)NC(COC1OC(CO)C(OC2OC(CO)C(O)C(O)C2O)C(O)C1O)C(O)/C=C/CCCCCCCCCC. The van der Waals surface area contributed by atoms with Gasteiger partial charge in [0.1, 0.15) is 48.8 Å². The quantitative estimate of drug-likeness (QED) is 0.0319. The van der Waals surface area contributed by atoms with E-state index in [9.17, 15) is 45.6 Å². The fourth-order valence-corrected chi connectivity index (χ4v) is 7.52. The summed E-state index contributed by atoms with van der Waals surface area (Å²) in [6.07, 6.45) is 16.6. The van der Waals surface area contributed by atoms with Gasteiger partial charge in [-0.2, -0.15) is 0 Å². The standard InChI is InChI=1S/C45H83NO13/c1-3-5-7-9-11-13-15-16-17-18-19-21-23-25-27-29-37(50)46-33(34(49)28-26-24-22-20-14-12-10-8-6-4-2)32-56-44-42(55)40(53)43(36(31-48)58-44)59-45-41(54)39(52)38(51)35(30-47)57-45/h16-17,26,28,33-36,38-45,47-49,51-55H,3-15,18-25,27,29-32H2,1-2H3,(H,46,50)/b17-16-,28-26+. The van der Waals surface area contributed by atoms with E-state index in [-0.39, 0.29) is 18.9 Å². The van der Waals surface area contributed by atoms with Crippen molar-refractivity contribution in [2.45, 2.75) is 235 Å². The van der Waals surface area contributed by atoms with Gasteiger partial charge in [0.25, 0.3) is 0 Å². The number of unbranched alkanes of at least 4 members (excludes halogenated alkanes) is 19. The molecule has 0 aromatic heterocycles. The lowest BCUT2D eigenvalue weighted by Gasteiger charge is -2.46. The summed E-state index contributed by atoms with van der Waals surface area (Å²) in [6, 6.07) is -0.913. The second-order valence-corrected chi connectivity index (χ2v) is 16.5. The van der Waals surface area contributed by atoms with Crippen LogP contribution in [0.5, 0.6) is 0 Å². The topological polar surface area (TPSA) is 228 Å². The maximum Gasteiger partial charge on any atom is 0.220 e. The van der Waals surface area contributed by atoms with Crippen LogP contribution < -0.4 is 5.32 Å². The van der Waals surface area contributed by atoms with Crippen LogP contribution in [0.1, 0.15) is 162 Å². The van der Waals surface area contributed by atoms with Crippen molar-refractivity contribution >= 4 is 5.91 Å². The molecule has 14 nitrogen and oxygen atoms in total. The Kier molecular flexibility index (Phi) is 30.1. The van der Waals surface area contributed by atoms with E-state index in [1.807, 2.05) is 6.08 Å². The number of hydrogen-bond acceptors (Lipinski definition) is 13. The zero-order chi connectivity index (χ0) is 43.3. The molecule has 0 saturated carbocycles. The van der Waals surface area contributed by atoms with E-state index in [1.54, 1.807) is 6.08 Å². The maximum absolute atomic E-state index is 13.1.